The van der Waals surface area contributed by atoms with Crippen molar-refractivity contribution in [2.45, 2.75) is 36.3 Å². The average molecular weight is 733 g/mol. The molecular weight excluding hydrogens is 696 g/mol. The number of halogens is 1. The van der Waals surface area contributed by atoms with Crippen molar-refractivity contribution >= 4 is 40.6 Å². The number of carbonyl (C=O) groups is 3. The summed E-state index contributed by atoms with van der Waals surface area (Å²) in [4.78, 5) is 44.1. The van der Waals surface area contributed by atoms with Gasteiger partial charge in [0.15, 0.2) is 6.10 Å². The van der Waals surface area contributed by atoms with E-state index in [1.54, 1.807) is 29.2 Å². The summed E-state index contributed by atoms with van der Waals surface area (Å²) in [6.07, 6.45) is -0.454. The van der Waals surface area contributed by atoms with E-state index in [2.05, 4.69) is 0 Å². The molecule has 3 amide bonds. The minimum absolute atomic E-state index is 0.217. The summed E-state index contributed by atoms with van der Waals surface area (Å²) in [5.74, 6) is 0.999. The van der Waals surface area contributed by atoms with E-state index in [0.29, 0.717) is 29.5 Å². The predicted molar refractivity (Wildman–Crippen MR) is 202 cm³/mol. The average Bonchev–Trinajstić information content (AvgIpc) is 3.69. The lowest BCUT2D eigenvalue weighted by molar-refractivity contribution is -0.129. The smallest absolute Gasteiger partial charge is 0.410 e. The summed E-state index contributed by atoms with van der Waals surface area (Å²) < 4.78 is 17.3. The van der Waals surface area contributed by atoms with Crippen LogP contribution in [0.4, 0.5) is 9.59 Å². The normalized spacial score (nSPS) is 18.0. The summed E-state index contributed by atoms with van der Waals surface area (Å²) in [6.45, 7) is 2.76. The van der Waals surface area contributed by atoms with Crippen molar-refractivity contribution in [3.8, 4) is 11.5 Å². The number of ether oxygens (including phenoxy) is 3. The van der Waals surface area contributed by atoms with Crippen LogP contribution in [0.3, 0.4) is 0 Å². The SMILES string of the molecule is CC(COc1ccc(CC2SC(=O)N(C(c3ccccc3)(c3ccccc3)c3ccccc3)C2=O)cc1)N1C[C@H](COc2cccc(Cl)c2)OC1=O. The Balaban J connectivity index is 1.01. The zero-order valence-electron chi connectivity index (χ0n) is 28.5. The van der Waals surface area contributed by atoms with E-state index < -0.39 is 23.0 Å². The molecule has 0 radical (unpaired) electrons. The van der Waals surface area contributed by atoms with Gasteiger partial charge >= 0.3 is 6.09 Å². The number of cyclic esters (lactones) is 1. The topological polar surface area (TPSA) is 85.4 Å². The Labute approximate surface area is 312 Å². The lowest BCUT2D eigenvalue weighted by Gasteiger charge is -2.42. The Morgan fingerprint density at radius 3 is 1.94 bits per heavy atom. The minimum atomic E-state index is -1.15. The first-order chi connectivity index (χ1) is 25.3. The molecule has 5 aromatic carbocycles. The fraction of sp³-hybridized carbons (Fsp3) is 0.214. The van der Waals surface area contributed by atoms with Gasteiger partial charge in [-0.1, -0.05) is 133 Å². The van der Waals surface area contributed by atoms with Crippen molar-refractivity contribution in [1.82, 2.24) is 9.80 Å². The third-order valence-corrected chi connectivity index (χ3v) is 10.6. The third-order valence-electron chi connectivity index (χ3n) is 9.33. The molecule has 2 unspecified atom stereocenters. The van der Waals surface area contributed by atoms with Crippen LogP contribution >= 0.6 is 23.4 Å². The van der Waals surface area contributed by atoms with E-state index in [1.165, 1.54) is 4.90 Å². The van der Waals surface area contributed by atoms with Crippen LogP contribution in [0.15, 0.2) is 140 Å². The number of hydrogen-bond donors (Lipinski definition) is 0. The second-order valence-electron chi connectivity index (χ2n) is 12.8. The number of imide groups is 1. The number of rotatable bonds is 13. The van der Waals surface area contributed by atoms with E-state index in [0.717, 1.165) is 34.0 Å². The number of hydrogen-bond acceptors (Lipinski definition) is 7. The van der Waals surface area contributed by atoms with Gasteiger partial charge in [-0.25, -0.2) is 4.79 Å². The molecule has 0 spiro atoms. The van der Waals surface area contributed by atoms with Crippen LogP contribution in [0.2, 0.25) is 5.02 Å². The number of benzene rings is 5. The highest BCUT2D eigenvalue weighted by atomic mass is 35.5. The van der Waals surface area contributed by atoms with E-state index in [1.807, 2.05) is 122 Å². The van der Waals surface area contributed by atoms with Crippen LogP contribution in [0.25, 0.3) is 0 Å². The summed E-state index contributed by atoms with van der Waals surface area (Å²) in [6, 6.07) is 43.6. The molecule has 2 heterocycles. The number of thioether (sulfide) groups is 1. The Kier molecular flexibility index (Phi) is 10.5. The van der Waals surface area contributed by atoms with Crippen LogP contribution < -0.4 is 9.47 Å². The van der Waals surface area contributed by atoms with Gasteiger partial charge < -0.3 is 14.2 Å². The first-order valence-corrected chi connectivity index (χ1v) is 18.4. The molecule has 264 valence electrons. The minimum Gasteiger partial charge on any atom is -0.491 e. The van der Waals surface area contributed by atoms with Gasteiger partial charge in [-0.05, 0) is 65.9 Å². The van der Waals surface area contributed by atoms with E-state index >= 15 is 0 Å². The molecule has 10 heteroatoms. The summed E-state index contributed by atoms with van der Waals surface area (Å²) in [5.41, 5.74) is 2.23. The molecule has 2 saturated heterocycles. The maximum Gasteiger partial charge on any atom is 0.410 e. The summed E-state index contributed by atoms with van der Waals surface area (Å²) >= 11 is 7.10. The van der Waals surface area contributed by atoms with E-state index in [9.17, 15) is 14.4 Å². The third kappa shape index (κ3) is 7.24. The highest BCUT2D eigenvalue weighted by molar-refractivity contribution is 8.15. The fourth-order valence-electron chi connectivity index (χ4n) is 6.79. The van der Waals surface area contributed by atoms with Gasteiger partial charge in [-0.2, -0.15) is 0 Å². The molecule has 52 heavy (non-hydrogen) atoms. The zero-order chi connectivity index (χ0) is 36.1. The highest BCUT2D eigenvalue weighted by Gasteiger charge is 2.54. The van der Waals surface area contributed by atoms with Gasteiger partial charge in [0.25, 0.3) is 5.24 Å². The standard InChI is InChI=1S/C42H37ClN2O6S/c1-29(44-26-37(51-40(44)47)28-50-36-19-11-18-34(43)25-36)27-49-35-22-20-30(21-23-35)24-38-39(46)45(41(48)52-38)42(31-12-5-2-6-13-31,32-14-7-3-8-15-32)33-16-9-4-10-17-33/h2-23,25,29,37-38H,24,26-28H2,1H3/t29?,37-,38?/m1/s1. The van der Waals surface area contributed by atoms with Crippen LogP contribution in [-0.2, 0) is 21.5 Å². The lowest BCUT2D eigenvalue weighted by Crippen LogP contribution is -2.51. The highest BCUT2D eigenvalue weighted by Crippen LogP contribution is 2.48. The molecule has 3 atom stereocenters. The van der Waals surface area contributed by atoms with Crippen molar-refractivity contribution in [3.63, 3.8) is 0 Å². The van der Waals surface area contributed by atoms with Crippen molar-refractivity contribution < 1.29 is 28.6 Å². The lowest BCUT2D eigenvalue weighted by atomic mass is 9.75. The second kappa shape index (κ2) is 15.6. The van der Waals surface area contributed by atoms with Crippen molar-refractivity contribution in [3.05, 3.63) is 167 Å². The molecule has 2 fully saturated rings. The quantitative estimate of drug-likeness (QED) is 0.112. The fourth-order valence-corrected chi connectivity index (χ4v) is 8.03. The molecule has 5 aromatic rings. The molecule has 0 aliphatic carbocycles. The summed E-state index contributed by atoms with van der Waals surface area (Å²) in [5, 5.41) is -0.326. The molecule has 7 rings (SSSR count). The zero-order valence-corrected chi connectivity index (χ0v) is 30.0. The molecule has 2 aliphatic heterocycles. The molecule has 8 nitrogen and oxygen atoms in total. The molecule has 0 N–H and O–H groups in total. The van der Waals surface area contributed by atoms with E-state index in [-0.39, 0.29) is 30.4 Å². The van der Waals surface area contributed by atoms with Crippen LogP contribution in [0.5, 0.6) is 11.5 Å². The van der Waals surface area contributed by atoms with Crippen molar-refractivity contribution in [1.29, 1.82) is 0 Å². The van der Waals surface area contributed by atoms with Gasteiger partial charge in [0.05, 0.1) is 17.8 Å². The first kappa shape index (κ1) is 35.2. The van der Waals surface area contributed by atoms with Crippen LogP contribution in [-0.4, -0.2) is 64.2 Å². The Bertz CT molecular complexity index is 1920. The number of carbonyl (C=O) groups excluding carboxylic acids is 3. The van der Waals surface area contributed by atoms with Crippen molar-refractivity contribution in [2.24, 2.45) is 0 Å². The number of nitrogens with zero attached hydrogens (tertiary/aromatic N) is 2. The molecular formula is C42H37ClN2O6S. The summed E-state index contributed by atoms with van der Waals surface area (Å²) in [7, 11) is 0. The Hall–Kier alpha value is -5.25. The largest absolute Gasteiger partial charge is 0.491 e. The van der Waals surface area contributed by atoms with Gasteiger partial charge in [0, 0.05) is 5.02 Å². The maximum absolute atomic E-state index is 14.4. The maximum atomic E-state index is 14.4. The van der Waals surface area contributed by atoms with Gasteiger partial charge in [-0.15, -0.1) is 0 Å². The van der Waals surface area contributed by atoms with Crippen molar-refractivity contribution in [2.75, 3.05) is 19.8 Å². The van der Waals surface area contributed by atoms with E-state index in [4.69, 9.17) is 25.8 Å². The van der Waals surface area contributed by atoms with Gasteiger partial charge in [0.1, 0.15) is 30.3 Å². The Morgan fingerprint density at radius 2 is 1.37 bits per heavy atom. The molecule has 0 bridgehead atoms. The van der Waals surface area contributed by atoms with Gasteiger partial charge in [-0.3, -0.25) is 19.4 Å². The van der Waals surface area contributed by atoms with Crippen LogP contribution in [0.1, 0.15) is 29.2 Å². The van der Waals surface area contributed by atoms with Crippen LogP contribution in [0, 0.1) is 0 Å². The molecule has 2 aliphatic rings. The number of amides is 3. The predicted octanol–water partition coefficient (Wildman–Crippen LogP) is 8.61. The first-order valence-electron chi connectivity index (χ1n) is 17.1. The molecule has 0 saturated carbocycles. The molecule has 0 aromatic heterocycles. The Morgan fingerprint density at radius 1 is 0.769 bits per heavy atom. The monoisotopic (exact) mass is 732 g/mol. The second-order valence-corrected chi connectivity index (χ2v) is 14.4. The van der Waals surface area contributed by atoms with Gasteiger partial charge in [0.2, 0.25) is 5.91 Å².